The Labute approximate surface area is 232 Å². The fraction of sp³-hybridized carbons (Fsp3) is 0.867. The Hall–Kier alpha value is -2.12. The highest BCUT2D eigenvalue weighted by Gasteiger charge is 2.13. The summed E-state index contributed by atoms with van der Waals surface area (Å²) in [5, 5.41) is 33.0. The van der Waals surface area contributed by atoms with Gasteiger partial charge >= 0.3 is 17.9 Å². The van der Waals surface area contributed by atoms with Crippen molar-refractivity contribution in [3.8, 4) is 0 Å². The van der Waals surface area contributed by atoms with Crippen LogP contribution in [0.25, 0.3) is 0 Å². The molecule has 228 valence electrons. The van der Waals surface area contributed by atoms with Gasteiger partial charge in [0.05, 0.1) is 11.8 Å². The molecule has 0 aliphatic carbocycles. The lowest BCUT2D eigenvalue weighted by Gasteiger charge is -2.06. The molecule has 0 aromatic heterocycles. The second kappa shape index (κ2) is 34.9. The first-order valence-electron chi connectivity index (χ1n) is 14.8. The largest absolute Gasteiger partial charge is 0.481 e. The first kappa shape index (κ1) is 43.0. The normalized spacial score (nSPS) is 11.3. The van der Waals surface area contributed by atoms with Gasteiger partial charge in [0.25, 0.3) is 5.97 Å². The molecule has 0 amide bonds. The summed E-state index contributed by atoms with van der Waals surface area (Å²) in [7, 11) is 0. The number of rotatable bonds is 20. The number of hydrogen-bond acceptors (Lipinski definition) is 4. The van der Waals surface area contributed by atoms with E-state index in [1.165, 1.54) is 44.9 Å². The van der Waals surface area contributed by atoms with E-state index in [2.05, 4.69) is 20.8 Å². The summed E-state index contributed by atoms with van der Waals surface area (Å²) in [5.74, 6) is -3.00. The molecule has 2 unspecified atom stereocenters. The van der Waals surface area contributed by atoms with Gasteiger partial charge in [-0.05, 0) is 32.1 Å². The molecule has 0 aliphatic heterocycles. The smallest absolute Gasteiger partial charge is 0.306 e. The number of carboxylic acids is 4. The molecule has 0 spiro atoms. The summed E-state index contributed by atoms with van der Waals surface area (Å²) in [6.45, 7) is 11.3. The van der Waals surface area contributed by atoms with E-state index in [1.54, 1.807) is 0 Å². The summed E-state index contributed by atoms with van der Waals surface area (Å²) in [4.78, 5) is 40.1. The fourth-order valence-electron chi connectivity index (χ4n) is 3.49. The molecular weight excluding hydrogens is 488 g/mol. The van der Waals surface area contributed by atoms with Crippen LogP contribution in [0.1, 0.15) is 157 Å². The van der Waals surface area contributed by atoms with E-state index >= 15 is 0 Å². The van der Waals surface area contributed by atoms with Gasteiger partial charge in [-0.15, -0.1) is 0 Å². The Bertz CT molecular complexity index is 518. The number of unbranched alkanes of at least 4 members (excludes halogenated alkanes) is 10. The first-order chi connectivity index (χ1) is 17.9. The minimum absolute atomic E-state index is 0.111. The van der Waals surface area contributed by atoms with Crippen molar-refractivity contribution in [2.24, 2.45) is 11.8 Å². The Morgan fingerprint density at radius 1 is 0.500 bits per heavy atom. The molecule has 0 radical (unpaired) electrons. The average Bonchev–Trinajstić information content (AvgIpc) is 2.84. The number of carbonyl (C=O) groups is 4. The van der Waals surface area contributed by atoms with Crippen molar-refractivity contribution in [1.29, 1.82) is 0 Å². The van der Waals surface area contributed by atoms with Crippen molar-refractivity contribution in [2.45, 2.75) is 157 Å². The van der Waals surface area contributed by atoms with Crippen LogP contribution in [0.15, 0.2) is 0 Å². The Morgan fingerprint density at radius 2 is 0.789 bits per heavy atom. The molecule has 0 aromatic rings. The molecule has 0 bridgehead atoms. The van der Waals surface area contributed by atoms with Crippen LogP contribution in [-0.4, -0.2) is 44.3 Å². The van der Waals surface area contributed by atoms with Gasteiger partial charge in [0, 0.05) is 13.3 Å². The third kappa shape index (κ3) is 43.9. The maximum atomic E-state index is 10.4. The standard InChI is InChI=1S/C12H24O2.2C8H16O2.C2H4O2/c1-2-3-4-5-6-7-8-9-10-11-12(13)14;2*1-3-5-6-7(4-2)8(9)10;1-2(3)4/h2-11H2,1H3,(H,13,14);2*7H,3-6H2,1-2H3,(H,9,10);1H3,(H,3,4). The van der Waals surface area contributed by atoms with E-state index in [9.17, 15) is 14.4 Å². The second-order valence-electron chi connectivity index (χ2n) is 9.66. The van der Waals surface area contributed by atoms with Gasteiger partial charge in [0.2, 0.25) is 0 Å². The molecule has 0 saturated carbocycles. The molecule has 8 heteroatoms. The Morgan fingerprint density at radius 3 is 1.03 bits per heavy atom. The van der Waals surface area contributed by atoms with Crippen molar-refractivity contribution < 1.29 is 39.6 Å². The highest BCUT2D eigenvalue weighted by Crippen LogP contribution is 2.13. The lowest BCUT2D eigenvalue weighted by Crippen LogP contribution is -2.11. The molecule has 0 saturated heterocycles. The summed E-state index contributed by atoms with van der Waals surface area (Å²) >= 11 is 0. The van der Waals surface area contributed by atoms with E-state index in [4.69, 9.17) is 25.2 Å². The molecule has 0 rings (SSSR count). The summed E-state index contributed by atoms with van der Waals surface area (Å²) < 4.78 is 0. The lowest BCUT2D eigenvalue weighted by atomic mass is 10.00. The maximum absolute atomic E-state index is 10.4. The predicted octanol–water partition coefficient (Wildman–Crippen LogP) is 8.66. The van der Waals surface area contributed by atoms with Gasteiger partial charge in [-0.3, -0.25) is 19.2 Å². The van der Waals surface area contributed by atoms with Crippen LogP contribution >= 0.6 is 0 Å². The monoisotopic (exact) mass is 548 g/mol. The molecule has 38 heavy (non-hydrogen) atoms. The van der Waals surface area contributed by atoms with Crippen molar-refractivity contribution in [2.75, 3.05) is 0 Å². The highest BCUT2D eigenvalue weighted by atomic mass is 16.4. The van der Waals surface area contributed by atoms with E-state index in [0.717, 1.165) is 71.1 Å². The van der Waals surface area contributed by atoms with Crippen LogP contribution in [0, 0.1) is 11.8 Å². The SMILES string of the molecule is CC(=O)O.CCCCC(CC)C(=O)O.CCCCC(CC)C(=O)O.CCCCCCCCCCCC(=O)O. The Balaban J connectivity index is -0.000000216. The van der Waals surface area contributed by atoms with E-state index < -0.39 is 23.9 Å². The molecule has 0 fully saturated rings. The fourth-order valence-corrected chi connectivity index (χ4v) is 3.49. The van der Waals surface area contributed by atoms with Crippen LogP contribution in [0.5, 0.6) is 0 Å². The molecule has 2 atom stereocenters. The topological polar surface area (TPSA) is 149 Å². The highest BCUT2D eigenvalue weighted by molar-refractivity contribution is 5.70. The van der Waals surface area contributed by atoms with Crippen molar-refractivity contribution >= 4 is 23.9 Å². The number of aliphatic carboxylic acids is 4. The van der Waals surface area contributed by atoms with Gasteiger partial charge < -0.3 is 20.4 Å². The van der Waals surface area contributed by atoms with Crippen LogP contribution in [-0.2, 0) is 19.2 Å². The molecule has 0 heterocycles. The average molecular weight is 549 g/mol. The van der Waals surface area contributed by atoms with Crippen LogP contribution < -0.4 is 0 Å². The minimum atomic E-state index is -0.833. The predicted molar refractivity (Wildman–Crippen MR) is 155 cm³/mol. The Kier molecular flexibility index (Phi) is 39.4. The van der Waals surface area contributed by atoms with Crippen LogP contribution in [0.2, 0.25) is 0 Å². The zero-order valence-corrected chi connectivity index (χ0v) is 25.3. The van der Waals surface area contributed by atoms with Crippen molar-refractivity contribution in [3.63, 3.8) is 0 Å². The van der Waals surface area contributed by atoms with Crippen molar-refractivity contribution in [3.05, 3.63) is 0 Å². The zero-order chi connectivity index (χ0) is 30.2. The molecular formula is C30H60O8. The van der Waals surface area contributed by atoms with E-state index in [1.807, 2.05) is 13.8 Å². The van der Waals surface area contributed by atoms with Gasteiger partial charge in [0.15, 0.2) is 0 Å². The second-order valence-corrected chi connectivity index (χ2v) is 9.66. The van der Waals surface area contributed by atoms with Crippen LogP contribution in [0.3, 0.4) is 0 Å². The summed E-state index contributed by atoms with van der Waals surface area (Å²) in [6, 6.07) is 0. The summed E-state index contributed by atoms with van der Waals surface area (Å²) in [5.41, 5.74) is 0. The third-order valence-electron chi connectivity index (χ3n) is 5.99. The van der Waals surface area contributed by atoms with Gasteiger partial charge in [-0.1, -0.05) is 112 Å². The first-order valence-corrected chi connectivity index (χ1v) is 14.8. The number of hydrogen-bond donors (Lipinski definition) is 4. The zero-order valence-electron chi connectivity index (χ0n) is 25.3. The van der Waals surface area contributed by atoms with Crippen molar-refractivity contribution in [1.82, 2.24) is 0 Å². The molecule has 0 aromatic carbocycles. The molecule has 4 N–H and O–H groups in total. The maximum Gasteiger partial charge on any atom is 0.306 e. The van der Waals surface area contributed by atoms with Gasteiger partial charge in [0.1, 0.15) is 0 Å². The van der Waals surface area contributed by atoms with E-state index in [-0.39, 0.29) is 11.8 Å². The molecule has 0 aliphatic rings. The minimum Gasteiger partial charge on any atom is -0.481 e. The van der Waals surface area contributed by atoms with Gasteiger partial charge in [-0.25, -0.2) is 0 Å². The summed E-state index contributed by atoms with van der Waals surface area (Å²) in [6.07, 6.45) is 18.9. The number of carboxylic acid groups (broad SMARTS) is 4. The quantitative estimate of drug-likeness (QED) is 0.110. The third-order valence-corrected chi connectivity index (χ3v) is 5.99. The molecule has 8 nitrogen and oxygen atoms in total. The lowest BCUT2D eigenvalue weighted by molar-refractivity contribution is -0.143. The van der Waals surface area contributed by atoms with Crippen LogP contribution in [0.4, 0.5) is 0 Å². The van der Waals surface area contributed by atoms with Gasteiger partial charge in [-0.2, -0.15) is 0 Å². The van der Waals surface area contributed by atoms with E-state index in [0.29, 0.717) is 6.42 Å².